The third-order valence-corrected chi connectivity index (χ3v) is 1.93. The van der Waals surface area contributed by atoms with Crippen molar-refractivity contribution in [3.05, 3.63) is 29.8 Å². The van der Waals surface area contributed by atoms with Crippen molar-refractivity contribution in [2.45, 2.75) is 0 Å². The number of carboxylic acid groups (broad SMARTS) is 1. The Kier molecular flexibility index (Phi) is 8.55. The van der Waals surface area contributed by atoms with Gasteiger partial charge in [0.2, 0.25) is 0 Å². The van der Waals surface area contributed by atoms with Crippen molar-refractivity contribution in [3.63, 3.8) is 0 Å². The van der Waals surface area contributed by atoms with Gasteiger partial charge in [-0.1, -0.05) is 0 Å². The maximum Gasteiger partial charge on any atom is 0.335 e. The fourth-order valence-electron chi connectivity index (χ4n) is 1.07. The highest BCUT2D eigenvalue weighted by molar-refractivity contribution is 5.88. The van der Waals surface area contributed by atoms with Gasteiger partial charge in [-0.15, -0.1) is 12.4 Å². The van der Waals surface area contributed by atoms with Gasteiger partial charge in [0.05, 0.1) is 17.9 Å². The van der Waals surface area contributed by atoms with E-state index in [-0.39, 0.29) is 18.0 Å². The third kappa shape index (κ3) is 6.19. The Bertz CT molecular complexity index is 382. The van der Waals surface area contributed by atoms with Gasteiger partial charge < -0.3 is 15.3 Å². The lowest BCUT2D eigenvalue weighted by atomic mass is 10.2. The first-order valence-corrected chi connectivity index (χ1v) is 5.07. The number of halogens is 1. The summed E-state index contributed by atoms with van der Waals surface area (Å²) in [5.74, 6) is -0.945. The van der Waals surface area contributed by atoms with Crippen molar-refractivity contribution in [2.75, 3.05) is 20.3 Å². The minimum Gasteiger partial charge on any atom is -0.478 e. The van der Waals surface area contributed by atoms with Gasteiger partial charge in [0.15, 0.2) is 0 Å². The number of rotatable bonds is 7. The van der Waals surface area contributed by atoms with Gasteiger partial charge in [-0.25, -0.2) is 15.2 Å². The van der Waals surface area contributed by atoms with E-state index in [4.69, 9.17) is 9.84 Å². The molecule has 0 heterocycles. The molecule has 3 N–H and O–H groups in total. The van der Waals surface area contributed by atoms with Crippen molar-refractivity contribution in [1.82, 2.24) is 10.9 Å². The zero-order valence-electron chi connectivity index (χ0n) is 9.92. The van der Waals surface area contributed by atoms with Crippen LogP contribution in [0.4, 0.5) is 5.69 Å². The van der Waals surface area contributed by atoms with E-state index in [1.54, 1.807) is 19.2 Å². The number of methoxy groups -OCH3 is 1. The van der Waals surface area contributed by atoms with Crippen LogP contribution in [0, 0.1) is 0 Å². The molecule has 1 aromatic carbocycles. The summed E-state index contributed by atoms with van der Waals surface area (Å²) >= 11 is 0. The SMILES string of the molecule is COCCNNC=Nc1ccc(C(=O)O)cc1.Cl. The summed E-state index contributed by atoms with van der Waals surface area (Å²) in [6.07, 6.45) is 1.49. The second-order valence-corrected chi connectivity index (χ2v) is 3.17. The van der Waals surface area contributed by atoms with Crippen LogP contribution < -0.4 is 10.9 Å². The molecule has 0 radical (unpaired) electrons. The monoisotopic (exact) mass is 273 g/mol. The number of benzene rings is 1. The molecule has 1 aromatic rings. The smallest absolute Gasteiger partial charge is 0.335 e. The van der Waals surface area contributed by atoms with Crippen molar-refractivity contribution >= 4 is 30.4 Å². The fraction of sp³-hybridized carbons (Fsp3) is 0.273. The maximum atomic E-state index is 10.6. The van der Waals surface area contributed by atoms with Crippen LogP contribution in [0.5, 0.6) is 0 Å². The van der Waals surface area contributed by atoms with Gasteiger partial charge >= 0.3 is 5.97 Å². The number of nitrogens with one attached hydrogen (secondary N) is 2. The fourth-order valence-corrected chi connectivity index (χ4v) is 1.07. The number of carboxylic acids is 1. The van der Waals surface area contributed by atoms with Crippen LogP contribution >= 0.6 is 12.4 Å². The van der Waals surface area contributed by atoms with Crippen LogP contribution in [-0.2, 0) is 4.74 Å². The Hall–Kier alpha value is -1.63. The Balaban J connectivity index is 0.00000289. The number of hydrogen-bond acceptors (Lipinski definition) is 4. The van der Waals surface area contributed by atoms with E-state index >= 15 is 0 Å². The first-order valence-electron chi connectivity index (χ1n) is 5.07. The lowest BCUT2D eigenvalue weighted by Gasteiger charge is -2.01. The zero-order valence-corrected chi connectivity index (χ0v) is 10.7. The molecule has 0 aliphatic heterocycles. The third-order valence-electron chi connectivity index (χ3n) is 1.93. The standard InChI is InChI=1S/C11H15N3O3.ClH/c1-17-7-6-13-14-8-12-10-4-2-9(3-5-10)11(15)16;/h2-5,8,13H,6-7H2,1H3,(H,12,14)(H,15,16);1H. The van der Waals surface area contributed by atoms with Gasteiger partial charge in [-0.3, -0.25) is 0 Å². The molecule has 100 valence electrons. The molecule has 7 heteroatoms. The summed E-state index contributed by atoms with van der Waals surface area (Å²) in [6.45, 7) is 1.27. The van der Waals surface area contributed by atoms with E-state index in [1.165, 1.54) is 18.5 Å². The molecule has 0 unspecified atom stereocenters. The average molecular weight is 274 g/mol. The van der Waals surface area contributed by atoms with Gasteiger partial charge in [-0.05, 0) is 24.3 Å². The first kappa shape index (κ1) is 16.4. The van der Waals surface area contributed by atoms with E-state index in [0.717, 1.165) is 0 Å². The van der Waals surface area contributed by atoms with Gasteiger partial charge in [0, 0.05) is 13.7 Å². The molecule has 0 amide bonds. The topological polar surface area (TPSA) is 83.0 Å². The lowest BCUT2D eigenvalue weighted by molar-refractivity contribution is 0.0697. The number of nitrogens with zero attached hydrogens (tertiary/aromatic N) is 1. The number of hydrazine groups is 1. The van der Waals surface area contributed by atoms with Crippen molar-refractivity contribution in [2.24, 2.45) is 4.99 Å². The van der Waals surface area contributed by atoms with E-state index < -0.39 is 5.97 Å². The van der Waals surface area contributed by atoms with E-state index in [2.05, 4.69) is 15.8 Å². The molecule has 0 aromatic heterocycles. The summed E-state index contributed by atoms with van der Waals surface area (Å²) in [7, 11) is 1.62. The molecule has 0 saturated carbocycles. The second kappa shape index (κ2) is 9.41. The summed E-state index contributed by atoms with van der Waals surface area (Å²) in [4.78, 5) is 14.7. The molecule has 18 heavy (non-hydrogen) atoms. The van der Waals surface area contributed by atoms with Crippen molar-refractivity contribution in [1.29, 1.82) is 0 Å². The molecular formula is C11H16ClN3O3. The number of aliphatic imine (C=N–C) groups is 1. The molecule has 0 aliphatic carbocycles. The molecular weight excluding hydrogens is 258 g/mol. The van der Waals surface area contributed by atoms with Crippen LogP contribution in [-0.4, -0.2) is 37.7 Å². The average Bonchev–Trinajstić information content (AvgIpc) is 2.34. The highest BCUT2D eigenvalue weighted by Crippen LogP contribution is 2.11. The van der Waals surface area contributed by atoms with Crippen LogP contribution in [0.3, 0.4) is 0 Å². The Morgan fingerprint density at radius 3 is 2.67 bits per heavy atom. The zero-order chi connectivity index (χ0) is 12.5. The van der Waals surface area contributed by atoms with Crippen LogP contribution in [0.1, 0.15) is 10.4 Å². The highest BCUT2D eigenvalue weighted by Gasteiger charge is 1.99. The number of aromatic carboxylic acids is 1. The van der Waals surface area contributed by atoms with Gasteiger partial charge in [0.25, 0.3) is 0 Å². The summed E-state index contributed by atoms with van der Waals surface area (Å²) in [5, 5.41) is 8.70. The molecule has 6 nitrogen and oxygen atoms in total. The number of hydrogen-bond donors (Lipinski definition) is 3. The Morgan fingerprint density at radius 1 is 1.44 bits per heavy atom. The minimum absolute atomic E-state index is 0. The molecule has 0 atom stereocenters. The second-order valence-electron chi connectivity index (χ2n) is 3.17. The summed E-state index contributed by atoms with van der Waals surface area (Å²) in [6, 6.07) is 6.29. The predicted octanol–water partition coefficient (Wildman–Crippen LogP) is 1.21. The van der Waals surface area contributed by atoms with E-state index in [9.17, 15) is 4.79 Å². The number of ether oxygens (including phenoxy) is 1. The van der Waals surface area contributed by atoms with Crippen molar-refractivity contribution in [3.8, 4) is 0 Å². The lowest BCUT2D eigenvalue weighted by Crippen LogP contribution is -2.33. The van der Waals surface area contributed by atoms with Crippen LogP contribution in [0.2, 0.25) is 0 Å². The summed E-state index contributed by atoms with van der Waals surface area (Å²) in [5.41, 5.74) is 6.56. The van der Waals surface area contributed by atoms with Crippen LogP contribution in [0.15, 0.2) is 29.3 Å². The van der Waals surface area contributed by atoms with Gasteiger partial charge in [-0.2, -0.15) is 0 Å². The molecule has 0 aliphatic rings. The Morgan fingerprint density at radius 2 is 2.11 bits per heavy atom. The number of carbonyl (C=O) groups is 1. The molecule has 0 saturated heterocycles. The molecule has 0 spiro atoms. The van der Waals surface area contributed by atoms with Gasteiger partial charge in [0.1, 0.15) is 6.34 Å². The molecule has 0 fully saturated rings. The van der Waals surface area contributed by atoms with Crippen LogP contribution in [0.25, 0.3) is 0 Å². The predicted molar refractivity (Wildman–Crippen MR) is 71.8 cm³/mol. The summed E-state index contributed by atoms with van der Waals surface area (Å²) < 4.78 is 4.84. The quantitative estimate of drug-likeness (QED) is 0.301. The van der Waals surface area contributed by atoms with Crippen molar-refractivity contribution < 1.29 is 14.6 Å². The minimum atomic E-state index is -0.945. The molecule has 1 rings (SSSR count). The normalized spacial score (nSPS) is 10.1. The maximum absolute atomic E-state index is 10.6. The molecule has 0 bridgehead atoms. The van der Waals surface area contributed by atoms with E-state index in [1.807, 2.05) is 0 Å². The largest absolute Gasteiger partial charge is 0.478 e. The first-order chi connectivity index (χ1) is 8.24. The Labute approximate surface area is 111 Å². The van der Waals surface area contributed by atoms with E-state index in [0.29, 0.717) is 18.8 Å². The highest BCUT2D eigenvalue weighted by atomic mass is 35.5.